The van der Waals surface area contributed by atoms with Crippen LogP contribution >= 0.6 is 0 Å². The summed E-state index contributed by atoms with van der Waals surface area (Å²) < 4.78 is 0. The Kier molecular flexibility index (Phi) is 2.53. The third kappa shape index (κ3) is 1.62. The topological polar surface area (TPSA) is 0 Å². The first-order valence-electron chi connectivity index (χ1n) is 4.44. The predicted octanol–water partition coefficient (Wildman–Crippen LogP) is 3.39. The Morgan fingerprint density at radius 3 is 2.60 bits per heavy atom. The van der Waals surface area contributed by atoms with E-state index in [1.54, 1.807) is 5.57 Å². The first-order valence-corrected chi connectivity index (χ1v) is 4.44. The van der Waals surface area contributed by atoms with Crippen molar-refractivity contribution in [1.82, 2.24) is 0 Å². The van der Waals surface area contributed by atoms with E-state index in [9.17, 15) is 0 Å². The quantitative estimate of drug-likeness (QED) is 0.513. The Morgan fingerprint density at radius 2 is 2.30 bits per heavy atom. The Bertz CT molecular complexity index is 131. The summed E-state index contributed by atoms with van der Waals surface area (Å²) in [4.78, 5) is 0. The monoisotopic (exact) mass is 138 g/mol. The summed E-state index contributed by atoms with van der Waals surface area (Å²) in [5.74, 6) is 1.69. The molecule has 0 aromatic rings. The molecule has 0 spiro atoms. The van der Waals surface area contributed by atoms with Gasteiger partial charge in [0.1, 0.15) is 0 Å². The van der Waals surface area contributed by atoms with E-state index in [4.69, 9.17) is 0 Å². The van der Waals surface area contributed by atoms with Crippen LogP contribution in [0.15, 0.2) is 11.6 Å². The normalized spacial score (nSPS) is 25.6. The van der Waals surface area contributed by atoms with E-state index in [1.807, 2.05) is 0 Å². The fourth-order valence-electron chi connectivity index (χ4n) is 1.62. The van der Waals surface area contributed by atoms with Gasteiger partial charge in [-0.25, -0.2) is 0 Å². The molecule has 0 N–H and O–H groups in total. The molecule has 0 amide bonds. The second-order valence-electron chi connectivity index (χ2n) is 3.60. The first kappa shape index (κ1) is 7.84. The summed E-state index contributed by atoms with van der Waals surface area (Å²) >= 11 is 0. The molecule has 0 aromatic heterocycles. The van der Waals surface area contributed by atoms with Gasteiger partial charge in [0.05, 0.1) is 0 Å². The Labute approximate surface area is 64.3 Å². The molecule has 0 bridgehead atoms. The zero-order valence-electron chi connectivity index (χ0n) is 7.35. The molecule has 1 atom stereocenters. The highest BCUT2D eigenvalue weighted by atomic mass is 14.2. The maximum atomic E-state index is 2.49. The zero-order valence-corrected chi connectivity index (χ0v) is 7.35. The van der Waals surface area contributed by atoms with Crippen LogP contribution in [-0.4, -0.2) is 0 Å². The molecule has 10 heavy (non-hydrogen) atoms. The van der Waals surface area contributed by atoms with Gasteiger partial charge in [-0.15, -0.1) is 0 Å². The largest absolute Gasteiger partial charge is 0.0820 e. The van der Waals surface area contributed by atoms with Gasteiger partial charge in [0.15, 0.2) is 0 Å². The average Bonchev–Trinajstić information content (AvgIpc) is 2.34. The highest BCUT2D eigenvalue weighted by Crippen LogP contribution is 2.30. The van der Waals surface area contributed by atoms with E-state index in [1.165, 1.54) is 19.3 Å². The van der Waals surface area contributed by atoms with Crippen molar-refractivity contribution >= 4 is 0 Å². The van der Waals surface area contributed by atoms with Gasteiger partial charge in [0.2, 0.25) is 0 Å². The number of rotatable bonds is 2. The van der Waals surface area contributed by atoms with E-state index in [0.717, 1.165) is 11.8 Å². The van der Waals surface area contributed by atoms with Gasteiger partial charge >= 0.3 is 0 Å². The minimum absolute atomic E-state index is 0.788. The van der Waals surface area contributed by atoms with Crippen LogP contribution < -0.4 is 0 Å². The molecule has 58 valence electrons. The molecule has 0 saturated carbocycles. The molecule has 1 rings (SSSR count). The lowest BCUT2D eigenvalue weighted by Crippen LogP contribution is -1.88. The van der Waals surface area contributed by atoms with Crippen LogP contribution in [0.25, 0.3) is 0 Å². The fraction of sp³-hybridized carbons (Fsp3) is 0.800. The third-order valence-electron chi connectivity index (χ3n) is 2.52. The molecule has 1 aliphatic carbocycles. The van der Waals surface area contributed by atoms with Crippen LogP contribution in [-0.2, 0) is 0 Å². The van der Waals surface area contributed by atoms with Crippen molar-refractivity contribution in [2.24, 2.45) is 11.8 Å². The Hall–Kier alpha value is -0.260. The van der Waals surface area contributed by atoms with E-state index in [2.05, 4.69) is 26.8 Å². The van der Waals surface area contributed by atoms with E-state index in [0.29, 0.717) is 0 Å². The molecule has 0 fully saturated rings. The lowest BCUT2D eigenvalue weighted by atomic mass is 10.0. The van der Waals surface area contributed by atoms with Gasteiger partial charge in [-0.2, -0.15) is 0 Å². The summed E-state index contributed by atoms with van der Waals surface area (Å²) in [5, 5.41) is 0. The van der Waals surface area contributed by atoms with Crippen molar-refractivity contribution in [3.63, 3.8) is 0 Å². The van der Waals surface area contributed by atoms with Crippen molar-refractivity contribution in [1.29, 1.82) is 0 Å². The number of hydrogen-bond donors (Lipinski definition) is 0. The van der Waals surface area contributed by atoms with Crippen LogP contribution in [0.3, 0.4) is 0 Å². The van der Waals surface area contributed by atoms with Crippen molar-refractivity contribution in [2.45, 2.75) is 40.0 Å². The van der Waals surface area contributed by atoms with Crippen LogP contribution in [0.2, 0.25) is 0 Å². The summed E-state index contributed by atoms with van der Waals surface area (Å²) in [6.07, 6.45) is 6.58. The molecule has 0 saturated heterocycles. The summed E-state index contributed by atoms with van der Waals surface area (Å²) in [6, 6.07) is 0. The second kappa shape index (κ2) is 3.23. The van der Waals surface area contributed by atoms with Gasteiger partial charge in [-0.1, -0.05) is 32.4 Å². The highest BCUT2D eigenvalue weighted by molar-refractivity contribution is 5.12. The van der Waals surface area contributed by atoms with Crippen LogP contribution in [0.1, 0.15) is 40.0 Å². The van der Waals surface area contributed by atoms with Gasteiger partial charge in [-0.3, -0.25) is 0 Å². The lowest BCUT2D eigenvalue weighted by Gasteiger charge is -2.02. The van der Waals surface area contributed by atoms with Gasteiger partial charge in [0.25, 0.3) is 0 Å². The molecular weight excluding hydrogens is 120 g/mol. The summed E-state index contributed by atoms with van der Waals surface area (Å²) in [5.41, 5.74) is 1.69. The number of allylic oxidation sites excluding steroid dienone is 2. The fourth-order valence-corrected chi connectivity index (χ4v) is 1.62. The minimum Gasteiger partial charge on any atom is -0.0820 e. The van der Waals surface area contributed by atoms with E-state index in [-0.39, 0.29) is 0 Å². The molecule has 0 aliphatic heterocycles. The maximum absolute atomic E-state index is 2.49. The lowest BCUT2D eigenvalue weighted by molar-refractivity contribution is 0.605. The van der Waals surface area contributed by atoms with E-state index >= 15 is 0 Å². The van der Waals surface area contributed by atoms with Crippen LogP contribution in [0, 0.1) is 11.8 Å². The SMILES string of the molecule is CCC1C=C(C(C)C)CC1. The molecule has 0 radical (unpaired) electrons. The standard InChI is InChI=1S/C10H18/c1-4-9-5-6-10(7-9)8(2)3/h7-9H,4-6H2,1-3H3. The van der Waals surface area contributed by atoms with Gasteiger partial charge < -0.3 is 0 Å². The van der Waals surface area contributed by atoms with Crippen molar-refractivity contribution in [3.05, 3.63) is 11.6 Å². The molecular formula is C10H18. The molecule has 1 unspecified atom stereocenters. The molecule has 1 aliphatic rings. The minimum atomic E-state index is 0.788. The van der Waals surface area contributed by atoms with Gasteiger partial charge in [0, 0.05) is 0 Å². The predicted molar refractivity (Wildman–Crippen MR) is 45.9 cm³/mol. The summed E-state index contributed by atoms with van der Waals surface area (Å²) in [6.45, 7) is 6.87. The van der Waals surface area contributed by atoms with Crippen molar-refractivity contribution < 1.29 is 0 Å². The van der Waals surface area contributed by atoms with Crippen molar-refractivity contribution in [2.75, 3.05) is 0 Å². The Balaban J connectivity index is 2.48. The van der Waals surface area contributed by atoms with Crippen LogP contribution in [0.5, 0.6) is 0 Å². The molecule has 0 heteroatoms. The highest BCUT2D eigenvalue weighted by Gasteiger charge is 2.15. The molecule has 0 nitrogen and oxygen atoms in total. The van der Waals surface area contributed by atoms with Gasteiger partial charge in [-0.05, 0) is 31.1 Å². The summed E-state index contributed by atoms with van der Waals surface area (Å²) in [7, 11) is 0. The third-order valence-corrected chi connectivity index (χ3v) is 2.52. The first-order chi connectivity index (χ1) is 4.74. The average molecular weight is 138 g/mol. The second-order valence-corrected chi connectivity index (χ2v) is 3.60. The molecule has 0 heterocycles. The van der Waals surface area contributed by atoms with E-state index < -0.39 is 0 Å². The zero-order chi connectivity index (χ0) is 7.56. The number of hydrogen-bond acceptors (Lipinski definition) is 0. The maximum Gasteiger partial charge on any atom is -0.0230 e. The van der Waals surface area contributed by atoms with Crippen molar-refractivity contribution in [3.8, 4) is 0 Å². The molecule has 0 aromatic carbocycles. The van der Waals surface area contributed by atoms with Crippen LogP contribution in [0.4, 0.5) is 0 Å². The smallest absolute Gasteiger partial charge is 0.0230 e. The Morgan fingerprint density at radius 1 is 1.60 bits per heavy atom.